The van der Waals surface area contributed by atoms with Crippen molar-refractivity contribution in [2.45, 2.75) is 24.5 Å². The minimum absolute atomic E-state index is 0.0260. The zero-order chi connectivity index (χ0) is 22.4. The third-order valence-electron chi connectivity index (χ3n) is 5.80. The summed E-state index contributed by atoms with van der Waals surface area (Å²) in [4.78, 5) is 23.0. The first kappa shape index (κ1) is 21.0. The summed E-state index contributed by atoms with van der Waals surface area (Å²) in [5, 5.41) is 6.72. The molecule has 1 aliphatic rings. The van der Waals surface area contributed by atoms with Gasteiger partial charge in [0.25, 0.3) is 5.91 Å². The van der Waals surface area contributed by atoms with E-state index in [0.717, 1.165) is 16.9 Å². The van der Waals surface area contributed by atoms with Crippen molar-refractivity contribution >= 4 is 38.6 Å². The summed E-state index contributed by atoms with van der Waals surface area (Å²) in [6, 6.07) is 1.76. The number of aromatic nitrogens is 4. The Hall–Kier alpha value is -3.28. The van der Waals surface area contributed by atoms with Crippen LogP contribution < -0.4 is 16.0 Å². The largest absolute Gasteiger partial charge is 0.381 e. The van der Waals surface area contributed by atoms with Crippen molar-refractivity contribution in [1.82, 2.24) is 19.6 Å². The van der Waals surface area contributed by atoms with E-state index in [1.807, 2.05) is 4.90 Å². The van der Waals surface area contributed by atoms with Crippen LogP contribution in [0.2, 0.25) is 0 Å². The third-order valence-corrected chi connectivity index (χ3v) is 8.00. The number of anilines is 3. The molecule has 1 aliphatic heterocycles. The second-order valence-corrected chi connectivity index (χ2v) is 10.4. The van der Waals surface area contributed by atoms with Gasteiger partial charge in [0.1, 0.15) is 5.56 Å². The Balaban J connectivity index is 1.59. The molecule has 0 aromatic carbocycles. The fourth-order valence-corrected chi connectivity index (χ4v) is 4.61. The number of nitrogen functional groups attached to an aromatic ring is 1. The Morgan fingerprint density at radius 3 is 2.68 bits per heavy atom. The molecule has 3 N–H and O–H groups in total. The van der Waals surface area contributed by atoms with Crippen LogP contribution in [0.1, 0.15) is 30.1 Å². The van der Waals surface area contributed by atoms with E-state index in [9.17, 15) is 17.6 Å². The lowest BCUT2D eigenvalue weighted by Crippen LogP contribution is -2.47. The van der Waals surface area contributed by atoms with Crippen molar-refractivity contribution in [3.8, 4) is 0 Å². The van der Waals surface area contributed by atoms with Crippen LogP contribution in [0.25, 0.3) is 5.65 Å². The van der Waals surface area contributed by atoms with Gasteiger partial charge in [0, 0.05) is 25.5 Å². The first-order chi connectivity index (χ1) is 14.6. The molecule has 0 spiro atoms. The Morgan fingerprint density at radius 2 is 2.00 bits per heavy atom. The van der Waals surface area contributed by atoms with Crippen LogP contribution in [-0.4, -0.2) is 58.0 Å². The van der Waals surface area contributed by atoms with E-state index < -0.39 is 26.3 Å². The normalized spacial score (nSPS) is 16.4. The number of halogens is 1. The van der Waals surface area contributed by atoms with Crippen LogP contribution in [0.3, 0.4) is 0 Å². The maximum absolute atomic E-state index is 13.4. The predicted octanol–water partition coefficient (Wildman–Crippen LogP) is 1.50. The highest BCUT2D eigenvalue weighted by atomic mass is 32.2. The number of piperidine rings is 1. The van der Waals surface area contributed by atoms with Crippen LogP contribution >= 0.6 is 0 Å². The summed E-state index contributed by atoms with van der Waals surface area (Å²) in [7, 11) is -3.18. The highest BCUT2D eigenvalue weighted by Gasteiger charge is 2.39. The van der Waals surface area contributed by atoms with Crippen LogP contribution in [0, 0.1) is 5.82 Å². The number of carbonyl (C=O) groups excluding carboxylic acids is 1. The number of sulfone groups is 1. The summed E-state index contributed by atoms with van der Waals surface area (Å²) < 4.78 is 38.0. The van der Waals surface area contributed by atoms with E-state index in [-0.39, 0.29) is 17.0 Å². The Bertz CT molecular complexity index is 1270. The lowest BCUT2D eigenvalue weighted by atomic mass is 9.97. The van der Waals surface area contributed by atoms with Crippen molar-refractivity contribution in [3.05, 3.63) is 42.2 Å². The number of nitrogens with zero attached hydrogens (tertiary/aromatic N) is 5. The molecule has 12 heteroatoms. The SMILES string of the molecule is CC1(S(C)(=O)=O)CCN(c2ccncc2NC(=O)c2c(N)nn3cc(F)cnc23)CC1. The quantitative estimate of drug-likeness (QED) is 0.614. The summed E-state index contributed by atoms with van der Waals surface area (Å²) >= 11 is 0. The monoisotopic (exact) mass is 447 g/mol. The number of rotatable bonds is 4. The van der Waals surface area contributed by atoms with Gasteiger partial charge in [-0.1, -0.05) is 0 Å². The van der Waals surface area contributed by atoms with Gasteiger partial charge in [-0.2, -0.15) is 0 Å². The number of fused-ring (bicyclic) bond motifs is 1. The van der Waals surface area contributed by atoms with E-state index >= 15 is 0 Å². The van der Waals surface area contributed by atoms with E-state index in [1.54, 1.807) is 19.2 Å². The number of amides is 1. The van der Waals surface area contributed by atoms with Crippen LogP contribution in [0.15, 0.2) is 30.9 Å². The molecular formula is C19H22FN7O3S. The molecular weight excluding hydrogens is 425 g/mol. The Kier molecular flexibility index (Phi) is 5.04. The van der Waals surface area contributed by atoms with Crippen molar-refractivity contribution < 1.29 is 17.6 Å². The fraction of sp³-hybridized carbons (Fsp3) is 0.368. The average molecular weight is 447 g/mol. The molecule has 10 nitrogen and oxygen atoms in total. The topological polar surface area (TPSA) is 136 Å². The number of hydrogen-bond acceptors (Lipinski definition) is 8. The predicted molar refractivity (Wildman–Crippen MR) is 114 cm³/mol. The van der Waals surface area contributed by atoms with Gasteiger partial charge in [-0.25, -0.2) is 22.3 Å². The molecule has 0 radical (unpaired) electrons. The van der Waals surface area contributed by atoms with Gasteiger partial charge in [-0.05, 0) is 25.8 Å². The van der Waals surface area contributed by atoms with Crippen molar-refractivity contribution in [1.29, 1.82) is 0 Å². The van der Waals surface area contributed by atoms with Gasteiger partial charge in [-0.3, -0.25) is 9.78 Å². The Morgan fingerprint density at radius 1 is 1.29 bits per heavy atom. The van der Waals surface area contributed by atoms with Gasteiger partial charge < -0.3 is 16.0 Å². The van der Waals surface area contributed by atoms with E-state index in [1.165, 1.54) is 12.5 Å². The maximum atomic E-state index is 13.4. The minimum Gasteiger partial charge on any atom is -0.381 e. The van der Waals surface area contributed by atoms with Gasteiger partial charge in [-0.15, -0.1) is 5.10 Å². The zero-order valence-corrected chi connectivity index (χ0v) is 17.9. The molecule has 4 heterocycles. The van der Waals surface area contributed by atoms with E-state index in [4.69, 9.17) is 5.73 Å². The van der Waals surface area contributed by atoms with Gasteiger partial charge >= 0.3 is 0 Å². The molecule has 31 heavy (non-hydrogen) atoms. The molecule has 4 rings (SSSR count). The molecule has 1 fully saturated rings. The molecule has 0 aliphatic carbocycles. The second-order valence-electron chi connectivity index (χ2n) is 7.86. The van der Waals surface area contributed by atoms with Crippen LogP contribution in [0.5, 0.6) is 0 Å². The summed E-state index contributed by atoms with van der Waals surface area (Å²) in [6.07, 6.45) is 7.38. The smallest absolute Gasteiger partial charge is 0.263 e. The van der Waals surface area contributed by atoms with Gasteiger partial charge in [0.05, 0.1) is 34.7 Å². The molecule has 0 unspecified atom stereocenters. The number of nitrogens with two attached hydrogens (primary N) is 1. The number of nitrogens with one attached hydrogen (secondary N) is 1. The highest BCUT2D eigenvalue weighted by molar-refractivity contribution is 7.92. The van der Waals surface area contributed by atoms with Crippen LogP contribution in [-0.2, 0) is 9.84 Å². The second kappa shape index (κ2) is 7.45. The minimum atomic E-state index is -3.18. The lowest BCUT2D eigenvalue weighted by Gasteiger charge is -2.39. The van der Waals surface area contributed by atoms with Crippen LogP contribution in [0.4, 0.5) is 21.6 Å². The molecule has 3 aromatic rings. The standard InChI is InChI=1S/C19H22FN7O3S/c1-19(31(2,29)30)4-7-26(8-5-19)14-3-6-22-10-13(14)24-18(28)15-16(21)25-27-11-12(20)9-23-17(15)27/h3,6,9-11H,4-5,7-8H2,1-2H3,(H2,21,25)(H,24,28). The molecule has 164 valence electrons. The van der Waals surface area contributed by atoms with Crippen molar-refractivity contribution in [3.63, 3.8) is 0 Å². The molecule has 0 atom stereocenters. The molecule has 1 amide bonds. The molecule has 1 saturated heterocycles. The molecule has 3 aromatic heterocycles. The van der Waals surface area contributed by atoms with Gasteiger partial charge in [0.15, 0.2) is 27.1 Å². The third kappa shape index (κ3) is 3.78. The first-order valence-electron chi connectivity index (χ1n) is 9.58. The lowest BCUT2D eigenvalue weighted by molar-refractivity contribution is 0.102. The summed E-state index contributed by atoms with van der Waals surface area (Å²) in [5.74, 6) is -1.25. The zero-order valence-electron chi connectivity index (χ0n) is 17.0. The summed E-state index contributed by atoms with van der Waals surface area (Å²) in [6.45, 7) is 2.78. The number of hydrogen-bond donors (Lipinski definition) is 2. The van der Waals surface area contributed by atoms with E-state index in [0.29, 0.717) is 37.3 Å². The van der Waals surface area contributed by atoms with Crippen molar-refractivity contribution in [2.24, 2.45) is 0 Å². The van der Waals surface area contributed by atoms with Gasteiger partial charge in [0.2, 0.25) is 0 Å². The molecule has 0 bridgehead atoms. The summed E-state index contributed by atoms with van der Waals surface area (Å²) in [5.41, 5.74) is 7.18. The number of carbonyl (C=O) groups is 1. The molecule has 0 saturated carbocycles. The first-order valence-corrected chi connectivity index (χ1v) is 11.5. The highest BCUT2D eigenvalue weighted by Crippen LogP contribution is 2.34. The van der Waals surface area contributed by atoms with E-state index in [2.05, 4.69) is 20.4 Å². The average Bonchev–Trinajstić information content (AvgIpc) is 3.03. The maximum Gasteiger partial charge on any atom is 0.263 e. The number of pyridine rings is 1. The Labute approximate surface area is 178 Å². The van der Waals surface area contributed by atoms with Crippen molar-refractivity contribution in [2.75, 3.05) is 35.3 Å². The fourth-order valence-electron chi connectivity index (χ4n) is 3.68.